The Morgan fingerprint density at radius 1 is 1.29 bits per heavy atom. The minimum absolute atomic E-state index is 0.117. The van der Waals surface area contributed by atoms with Gasteiger partial charge in [0.05, 0.1) is 4.90 Å². The molecule has 0 saturated carbocycles. The third-order valence-corrected chi connectivity index (χ3v) is 6.16. The molecule has 0 aromatic heterocycles. The zero-order valence-electron chi connectivity index (χ0n) is 9.70. The van der Waals surface area contributed by atoms with Crippen LogP contribution in [0.25, 0.3) is 0 Å². The molecule has 0 aliphatic heterocycles. The first-order valence-corrected chi connectivity index (χ1v) is 8.48. The zero-order valence-corrected chi connectivity index (χ0v) is 13.7. The quantitative estimate of drug-likeness (QED) is 0.792. The van der Waals surface area contributed by atoms with Crippen molar-refractivity contribution in [2.24, 2.45) is 5.41 Å². The lowest BCUT2D eigenvalue weighted by Gasteiger charge is -2.22. The van der Waals surface area contributed by atoms with E-state index in [-0.39, 0.29) is 10.3 Å². The normalized spacial score (nSPS) is 12.7. The molecule has 0 fully saturated rings. The highest BCUT2D eigenvalue weighted by molar-refractivity contribution is 9.10. The van der Waals surface area contributed by atoms with Crippen LogP contribution < -0.4 is 4.72 Å². The van der Waals surface area contributed by atoms with Gasteiger partial charge in [0.1, 0.15) is 0 Å². The Kier molecular flexibility index (Phi) is 5.19. The summed E-state index contributed by atoms with van der Waals surface area (Å²) >= 11 is 6.61. The zero-order chi connectivity index (χ0) is 13.1. The largest absolute Gasteiger partial charge is 0.241 e. The average Bonchev–Trinajstić information content (AvgIpc) is 2.27. The molecule has 3 nitrogen and oxygen atoms in total. The van der Waals surface area contributed by atoms with Crippen molar-refractivity contribution in [3.63, 3.8) is 0 Å². The molecule has 0 amide bonds. The molecule has 0 atom stereocenters. The number of rotatable bonds is 5. The second-order valence-corrected chi connectivity index (χ2v) is 7.70. The summed E-state index contributed by atoms with van der Waals surface area (Å²) in [5, 5.41) is 0.735. The average molecular weight is 385 g/mol. The van der Waals surface area contributed by atoms with Crippen molar-refractivity contribution in [3.8, 4) is 0 Å². The van der Waals surface area contributed by atoms with Crippen LogP contribution in [0.3, 0.4) is 0 Å². The van der Waals surface area contributed by atoms with Crippen molar-refractivity contribution >= 4 is 41.9 Å². The topological polar surface area (TPSA) is 46.2 Å². The highest BCUT2D eigenvalue weighted by Crippen LogP contribution is 2.22. The fraction of sp³-hybridized carbons (Fsp3) is 0.455. The van der Waals surface area contributed by atoms with Crippen molar-refractivity contribution in [2.75, 3.05) is 11.9 Å². The van der Waals surface area contributed by atoms with E-state index in [4.69, 9.17) is 0 Å². The Balaban J connectivity index is 2.88. The van der Waals surface area contributed by atoms with Gasteiger partial charge in [0, 0.05) is 16.3 Å². The summed E-state index contributed by atoms with van der Waals surface area (Å²) < 4.78 is 27.3. The molecule has 0 unspecified atom stereocenters. The van der Waals surface area contributed by atoms with Crippen LogP contribution in [0, 0.1) is 5.41 Å². The smallest absolute Gasteiger partial charge is 0.211 e. The van der Waals surface area contributed by atoms with E-state index in [1.54, 1.807) is 24.3 Å². The minimum atomic E-state index is -3.45. The molecule has 0 aliphatic carbocycles. The van der Waals surface area contributed by atoms with E-state index >= 15 is 0 Å². The van der Waals surface area contributed by atoms with Crippen molar-refractivity contribution in [3.05, 3.63) is 28.7 Å². The second kappa shape index (κ2) is 5.82. The Morgan fingerprint density at radius 2 is 1.88 bits per heavy atom. The minimum Gasteiger partial charge on any atom is -0.211 e. The predicted octanol–water partition coefficient (Wildman–Crippen LogP) is 3.15. The molecular formula is C11H15Br2NO2S. The summed E-state index contributed by atoms with van der Waals surface area (Å²) in [6, 6.07) is 6.78. The van der Waals surface area contributed by atoms with Crippen molar-refractivity contribution in [1.29, 1.82) is 0 Å². The second-order valence-electron chi connectivity index (χ2n) is 4.55. The molecule has 96 valence electrons. The first-order valence-electron chi connectivity index (χ1n) is 5.09. The molecule has 1 aromatic rings. The summed E-state index contributed by atoms with van der Waals surface area (Å²) in [5.74, 6) is 0. The van der Waals surface area contributed by atoms with Gasteiger partial charge in [-0.05, 0) is 33.5 Å². The van der Waals surface area contributed by atoms with E-state index in [1.807, 2.05) is 13.8 Å². The maximum Gasteiger partial charge on any atom is 0.241 e. The molecule has 17 heavy (non-hydrogen) atoms. The van der Waals surface area contributed by atoms with Gasteiger partial charge in [-0.3, -0.25) is 0 Å². The summed E-state index contributed by atoms with van der Waals surface area (Å²) in [4.78, 5) is 0.269. The van der Waals surface area contributed by atoms with E-state index in [0.29, 0.717) is 11.0 Å². The molecule has 0 heterocycles. The molecular weight excluding hydrogens is 370 g/mol. The molecule has 0 spiro atoms. The third-order valence-electron chi connectivity index (χ3n) is 2.23. The van der Waals surface area contributed by atoms with Crippen molar-refractivity contribution in [1.82, 2.24) is 4.72 Å². The Morgan fingerprint density at radius 3 is 2.41 bits per heavy atom. The standard InChI is InChI=1S/C11H15Br2NO2S/c1-11(2,7-12)8-14-17(15,16)10-6-4-3-5-9(10)13/h3-6,14H,7-8H2,1-2H3. The highest BCUT2D eigenvalue weighted by Gasteiger charge is 2.22. The fourth-order valence-corrected chi connectivity index (χ4v) is 3.52. The maximum atomic E-state index is 12.1. The number of hydrogen-bond donors (Lipinski definition) is 1. The monoisotopic (exact) mass is 383 g/mol. The van der Waals surface area contributed by atoms with Gasteiger partial charge in [-0.1, -0.05) is 41.9 Å². The summed E-state index contributed by atoms with van der Waals surface area (Å²) in [7, 11) is -3.45. The number of halogens is 2. The highest BCUT2D eigenvalue weighted by atomic mass is 79.9. The third kappa shape index (κ3) is 4.35. The number of alkyl halides is 1. The fourth-order valence-electron chi connectivity index (χ4n) is 1.08. The first kappa shape index (κ1) is 15.1. The lowest BCUT2D eigenvalue weighted by molar-refractivity contribution is 0.420. The van der Waals surface area contributed by atoms with E-state index in [0.717, 1.165) is 5.33 Å². The molecule has 0 saturated heterocycles. The first-order chi connectivity index (χ1) is 7.78. The molecule has 1 rings (SSSR count). The Hall–Kier alpha value is 0.0900. The number of sulfonamides is 1. The molecule has 6 heteroatoms. The van der Waals surface area contributed by atoms with Crippen LogP contribution in [-0.4, -0.2) is 20.3 Å². The van der Waals surface area contributed by atoms with Gasteiger partial charge in [-0.25, -0.2) is 13.1 Å². The molecule has 0 aliphatic rings. The van der Waals surface area contributed by atoms with Gasteiger partial charge in [0.2, 0.25) is 10.0 Å². The molecule has 0 bridgehead atoms. The van der Waals surface area contributed by atoms with E-state index in [1.165, 1.54) is 0 Å². The van der Waals surface area contributed by atoms with E-state index in [9.17, 15) is 8.42 Å². The van der Waals surface area contributed by atoms with Gasteiger partial charge in [0.25, 0.3) is 0 Å². The van der Waals surface area contributed by atoms with Gasteiger partial charge in [0.15, 0.2) is 0 Å². The van der Waals surface area contributed by atoms with Gasteiger partial charge in [-0.2, -0.15) is 0 Å². The van der Waals surface area contributed by atoms with Crippen LogP contribution in [-0.2, 0) is 10.0 Å². The molecule has 0 radical (unpaired) electrons. The van der Waals surface area contributed by atoms with Crippen LogP contribution in [0.4, 0.5) is 0 Å². The van der Waals surface area contributed by atoms with Crippen LogP contribution in [0.5, 0.6) is 0 Å². The molecule has 1 N–H and O–H groups in total. The summed E-state index contributed by atoms with van der Waals surface area (Å²) in [6.45, 7) is 4.37. The number of hydrogen-bond acceptors (Lipinski definition) is 2. The van der Waals surface area contributed by atoms with Crippen LogP contribution in [0.2, 0.25) is 0 Å². The van der Waals surface area contributed by atoms with Crippen molar-refractivity contribution in [2.45, 2.75) is 18.7 Å². The molecule has 1 aromatic carbocycles. The predicted molar refractivity (Wildman–Crippen MR) is 76.9 cm³/mol. The Labute approximate surface area is 119 Å². The lowest BCUT2D eigenvalue weighted by Crippen LogP contribution is -2.35. The van der Waals surface area contributed by atoms with Crippen LogP contribution >= 0.6 is 31.9 Å². The summed E-state index contributed by atoms with van der Waals surface area (Å²) in [5.41, 5.74) is -0.117. The maximum absolute atomic E-state index is 12.1. The van der Waals surface area contributed by atoms with Gasteiger partial charge in [-0.15, -0.1) is 0 Å². The summed E-state index contributed by atoms with van der Waals surface area (Å²) in [6.07, 6.45) is 0. The van der Waals surface area contributed by atoms with E-state index in [2.05, 4.69) is 36.6 Å². The van der Waals surface area contributed by atoms with Crippen LogP contribution in [0.15, 0.2) is 33.6 Å². The van der Waals surface area contributed by atoms with Gasteiger partial charge < -0.3 is 0 Å². The SMILES string of the molecule is CC(C)(CBr)CNS(=O)(=O)c1ccccc1Br. The Bertz CT molecular complexity index is 486. The van der Waals surface area contributed by atoms with E-state index < -0.39 is 10.0 Å². The van der Waals surface area contributed by atoms with Crippen molar-refractivity contribution < 1.29 is 8.42 Å². The number of benzene rings is 1. The van der Waals surface area contributed by atoms with Crippen LogP contribution in [0.1, 0.15) is 13.8 Å². The lowest BCUT2D eigenvalue weighted by atomic mass is 9.98. The van der Waals surface area contributed by atoms with Gasteiger partial charge >= 0.3 is 0 Å². The number of nitrogens with one attached hydrogen (secondary N) is 1.